The molecule has 6 aromatic rings. The SMILES string of the molecule is Cc1cccc(-c2[nH]cc[n+](=O)c2-c2cccc(C)c2)c1.Cc1cccc(-c2ncc(Cl)nc2-c2cccc(C)c2)c1.ClP(Cl)Cl. The van der Waals surface area contributed by atoms with Crippen LogP contribution < -0.4 is 4.43 Å². The number of rotatable bonds is 4. The van der Waals surface area contributed by atoms with Gasteiger partial charge in [0.1, 0.15) is 10.8 Å². The van der Waals surface area contributed by atoms with Crippen molar-refractivity contribution in [1.82, 2.24) is 15.0 Å². The van der Waals surface area contributed by atoms with Gasteiger partial charge in [-0.25, -0.2) is 4.98 Å². The average molecular weight is 709 g/mol. The molecule has 4 aromatic carbocycles. The summed E-state index contributed by atoms with van der Waals surface area (Å²) >= 11 is 20.7. The second kappa shape index (κ2) is 16.8. The fraction of sp³-hybridized carbons (Fsp3) is 0.111. The molecule has 46 heavy (non-hydrogen) atoms. The number of hydrogen-bond acceptors (Lipinski definition) is 3. The maximum absolute atomic E-state index is 12.3. The number of H-pyrrole nitrogens is 1. The lowest BCUT2D eigenvalue weighted by Gasteiger charge is -2.10. The van der Waals surface area contributed by atoms with Gasteiger partial charge in [0, 0.05) is 21.6 Å². The molecule has 0 amide bonds. The van der Waals surface area contributed by atoms with Crippen molar-refractivity contribution < 1.29 is 4.43 Å². The van der Waals surface area contributed by atoms with Crippen LogP contribution in [-0.4, -0.2) is 15.0 Å². The lowest BCUT2D eigenvalue weighted by molar-refractivity contribution is -0.482. The van der Waals surface area contributed by atoms with Crippen LogP contribution in [0.2, 0.25) is 5.15 Å². The van der Waals surface area contributed by atoms with E-state index < -0.39 is 5.98 Å². The molecule has 0 unspecified atom stereocenters. The van der Waals surface area contributed by atoms with Crippen LogP contribution in [0.5, 0.6) is 0 Å². The minimum atomic E-state index is -1.20. The van der Waals surface area contributed by atoms with E-state index >= 15 is 0 Å². The van der Waals surface area contributed by atoms with E-state index in [-0.39, 0.29) is 0 Å². The molecule has 6 rings (SSSR count). The van der Waals surface area contributed by atoms with Crippen LogP contribution >= 0.6 is 51.3 Å². The first-order valence-corrected chi connectivity index (χ1v) is 18.7. The summed E-state index contributed by atoms with van der Waals surface area (Å²) in [5.74, 6) is -1.20. The summed E-state index contributed by atoms with van der Waals surface area (Å²) in [6.45, 7) is 8.20. The lowest BCUT2D eigenvalue weighted by Crippen LogP contribution is -2.18. The van der Waals surface area contributed by atoms with Crippen molar-refractivity contribution in [3.05, 3.63) is 148 Å². The molecular weight excluding hydrogens is 677 g/mol. The number of hydrogen-bond donors (Lipinski definition) is 1. The topological polar surface area (TPSA) is 64.5 Å². The molecule has 0 atom stereocenters. The highest BCUT2D eigenvalue weighted by atomic mass is 36.0. The molecule has 1 N–H and O–H groups in total. The Hall–Kier alpha value is -3.57. The molecule has 0 saturated carbocycles. The van der Waals surface area contributed by atoms with Crippen molar-refractivity contribution in [3.8, 4) is 45.0 Å². The highest BCUT2D eigenvalue weighted by Crippen LogP contribution is 2.51. The Morgan fingerprint density at radius 3 is 1.61 bits per heavy atom. The summed E-state index contributed by atoms with van der Waals surface area (Å²) in [5, 5.41) is 0.405. The Morgan fingerprint density at radius 1 is 0.652 bits per heavy atom. The third-order valence-electron chi connectivity index (χ3n) is 6.82. The van der Waals surface area contributed by atoms with Gasteiger partial charge >= 0.3 is 0 Å². The zero-order chi connectivity index (χ0) is 33.2. The third-order valence-corrected chi connectivity index (χ3v) is 7.00. The van der Waals surface area contributed by atoms with Crippen LogP contribution in [0.4, 0.5) is 0 Å². The van der Waals surface area contributed by atoms with Crippen LogP contribution in [0.3, 0.4) is 0 Å². The molecule has 5 nitrogen and oxygen atoms in total. The summed E-state index contributed by atoms with van der Waals surface area (Å²) in [4.78, 5) is 24.5. The molecule has 0 aliphatic rings. The Kier molecular flexibility index (Phi) is 12.9. The molecule has 0 spiro atoms. The van der Waals surface area contributed by atoms with Crippen molar-refractivity contribution in [2.24, 2.45) is 0 Å². The van der Waals surface area contributed by atoms with Gasteiger partial charge in [-0.1, -0.05) is 134 Å². The Morgan fingerprint density at radius 2 is 1.09 bits per heavy atom. The van der Waals surface area contributed by atoms with Crippen molar-refractivity contribution in [3.63, 3.8) is 0 Å². The summed E-state index contributed by atoms with van der Waals surface area (Å²) in [7, 11) is 0. The zero-order valence-corrected chi connectivity index (χ0v) is 29.6. The first-order chi connectivity index (χ1) is 22.0. The first kappa shape index (κ1) is 35.3. The number of aromatic nitrogens is 4. The Bertz CT molecular complexity index is 2000. The van der Waals surface area contributed by atoms with E-state index in [1.165, 1.54) is 17.3 Å². The van der Waals surface area contributed by atoms with E-state index in [4.69, 9.17) is 45.3 Å². The predicted octanol–water partition coefficient (Wildman–Crippen LogP) is 11.9. The molecule has 0 aliphatic heterocycles. The standard InChI is InChI=1S/C18H15ClN2.C18H17N2O.Cl3P/c1-12-5-3-7-14(9-12)17-18(21-16(19)11-20-17)15-8-4-6-13(2)10-15;1-13-5-3-7-15(11-13)17-18(20(21)10-9-19-17)16-8-4-6-14(2)12-16;1-4(2)3/h3-11H,1-2H3;3-12H,1-2H3,(H,19,21);/q;+1;. The van der Waals surface area contributed by atoms with Gasteiger partial charge in [-0.15, -0.1) is 0 Å². The number of halogens is 4. The van der Waals surface area contributed by atoms with Crippen molar-refractivity contribution in [2.75, 3.05) is 0 Å². The molecule has 10 heteroatoms. The second-order valence-electron chi connectivity index (χ2n) is 10.6. The van der Waals surface area contributed by atoms with Crippen LogP contribution in [0.25, 0.3) is 45.0 Å². The highest BCUT2D eigenvalue weighted by molar-refractivity contribution is 8.20. The van der Waals surface area contributed by atoms with E-state index in [1.54, 1.807) is 12.4 Å². The molecule has 0 bridgehead atoms. The van der Waals surface area contributed by atoms with Crippen LogP contribution in [0.1, 0.15) is 22.3 Å². The quantitative estimate of drug-likeness (QED) is 0.146. The van der Waals surface area contributed by atoms with Gasteiger partial charge in [-0.2, -0.15) is 0 Å². The largest absolute Gasteiger partial charge is 0.350 e. The van der Waals surface area contributed by atoms with Crippen molar-refractivity contribution in [2.45, 2.75) is 27.7 Å². The molecule has 2 heterocycles. The normalized spacial score (nSPS) is 10.5. The van der Waals surface area contributed by atoms with Gasteiger partial charge < -0.3 is 4.98 Å². The van der Waals surface area contributed by atoms with Crippen LogP contribution in [-0.2, 0) is 0 Å². The fourth-order valence-electron chi connectivity index (χ4n) is 4.89. The molecule has 2 aromatic heterocycles. The van der Waals surface area contributed by atoms with Gasteiger partial charge in [0.05, 0.1) is 33.8 Å². The molecule has 0 fully saturated rings. The number of benzene rings is 4. The minimum absolute atomic E-state index is 0.405. The zero-order valence-electron chi connectivity index (χ0n) is 25.7. The number of nitrogens with zero attached hydrogens (tertiary/aromatic N) is 3. The highest BCUT2D eigenvalue weighted by Gasteiger charge is 2.20. The fourth-order valence-corrected chi connectivity index (χ4v) is 5.02. The number of nitrogens with one attached hydrogen (secondary N) is 1. The lowest BCUT2D eigenvalue weighted by atomic mass is 10.0. The van der Waals surface area contributed by atoms with E-state index in [0.29, 0.717) is 10.8 Å². The smallest absolute Gasteiger partial charge is 0.293 e. The minimum Gasteiger partial charge on any atom is -0.350 e. The van der Waals surface area contributed by atoms with Gasteiger partial charge in [-0.3, -0.25) is 4.98 Å². The van der Waals surface area contributed by atoms with Crippen LogP contribution in [0, 0.1) is 32.6 Å². The second-order valence-corrected chi connectivity index (χ2v) is 15.9. The van der Waals surface area contributed by atoms with E-state index in [1.807, 2.05) is 80.6 Å². The maximum atomic E-state index is 12.3. The van der Waals surface area contributed by atoms with Gasteiger partial charge in [0.15, 0.2) is 5.98 Å². The summed E-state index contributed by atoms with van der Waals surface area (Å²) in [6, 6.07) is 32.6. The third kappa shape index (κ3) is 9.96. The van der Waals surface area contributed by atoms with Gasteiger partial charge in [0.2, 0.25) is 6.20 Å². The molecule has 0 radical (unpaired) electrons. The van der Waals surface area contributed by atoms with Crippen LogP contribution in [0.15, 0.2) is 116 Å². The van der Waals surface area contributed by atoms with E-state index in [9.17, 15) is 4.91 Å². The molecule has 0 aliphatic carbocycles. The van der Waals surface area contributed by atoms with E-state index in [0.717, 1.165) is 54.9 Å². The Balaban J connectivity index is 0.000000187. The molecular formula is C36H32Cl4N4OP+. The summed E-state index contributed by atoms with van der Waals surface area (Å²) < 4.78 is 0.920. The van der Waals surface area contributed by atoms with E-state index in [2.05, 4.69) is 59.1 Å². The predicted molar refractivity (Wildman–Crippen MR) is 196 cm³/mol. The van der Waals surface area contributed by atoms with Gasteiger partial charge in [-0.05, 0) is 58.0 Å². The first-order valence-electron chi connectivity index (χ1n) is 14.2. The average Bonchev–Trinajstić information content (AvgIpc) is 3.01. The molecule has 234 valence electrons. The maximum Gasteiger partial charge on any atom is 0.293 e. The molecule has 0 saturated heterocycles. The van der Waals surface area contributed by atoms with Crippen molar-refractivity contribution >= 4 is 51.3 Å². The monoisotopic (exact) mass is 707 g/mol. The number of aromatic amines is 1. The summed E-state index contributed by atoms with van der Waals surface area (Å²) in [5.41, 5.74) is 11.8. The van der Waals surface area contributed by atoms with Gasteiger partial charge in [0.25, 0.3) is 5.69 Å². The summed E-state index contributed by atoms with van der Waals surface area (Å²) in [6.07, 6.45) is 4.76. The number of aryl methyl sites for hydroxylation is 4. The Labute approximate surface area is 290 Å². The van der Waals surface area contributed by atoms with Crippen molar-refractivity contribution in [1.29, 1.82) is 0 Å².